The van der Waals surface area contributed by atoms with E-state index in [0.717, 1.165) is 26.2 Å². The van der Waals surface area contributed by atoms with Gasteiger partial charge in [-0.3, -0.25) is 4.79 Å². The van der Waals surface area contributed by atoms with Crippen LogP contribution in [-0.2, 0) is 4.79 Å². The Balaban J connectivity index is 0. The molecule has 0 saturated heterocycles. The largest absolute Gasteiger partial charge is 0.481 e. The van der Waals surface area contributed by atoms with Crippen molar-refractivity contribution in [3.8, 4) is 0 Å². The van der Waals surface area contributed by atoms with E-state index in [2.05, 4.69) is 6.92 Å². The molecule has 4 nitrogen and oxygen atoms in total. The predicted molar refractivity (Wildman–Crippen MR) is 47.9 cm³/mol. The van der Waals surface area contributed by atoms with E-state index in [-0.39, 0.29) is 6.10 Å². The van der Waals surface area contributed by atoms with Crippen LogP contribution in [0, 0.1) is 0 Å². The summed E-state index contributed by atoms with van der Waals surface area (Å²) in [5, 5.41) is 16.3. The maximum atomic E-state index is 9.00. The van der Waals surface area contributed by atoms with E-state index in [1.807, 2.05) is 0 Å². The van der Waals surface area contributed by atoms with Crippen LogP contribution in [0.4, 0.5) is 0 Å². The number of unbranched alkanes of at least 4 members (excludes halogenated alkanes) is 1. The molecule has 0 aromatic heterocycles. The predicted octanol–water partition coefficient (Wildman–Crippen LogP) is 0.587. The van der Waals surface area contributed by atoms with Gasteiger partial charge in [-0.1, -0.05) is 19.8 Å². The van der Waals surface area contributed by atoms with E-state index in [0.29, 0.717) is 6.54 Å². The van der Waals surface area contributed by atoms with Crippen molar-refractivity contribution in [3.05, 3.63) is 0 Å². The first kappa shape index (κ1) is 13.9. The van der Waals surface area contributed by atoms with Crippen LogP contribution in [0.3, 0.4) is 0 Å². The lowest BCUT2D eigenvalue weighted by molar-refractivity contribution is -0.134. The molecular formula is C8H19NO3. The topological polar surface area (TPSA) is 83.5 Å². The molecule has 0 fully saturated rings. The van der Waals surface area contributed by atoms with E-state index in [9.17, 15) is 0 Å². The molecule has 0 saturated carbocycles. The molecule has 0 aromatic rings. The minimum Gasteiger partial charge on any atom is -0.481 e. The molecule has 0 spiro atoms. The lowest BCUT2D eigenvalue weighted by atomic mass is 10.2. The fourth-order valence-electron chi connectivity index (χ4n) is 0.558. The first-order chi connectivity index (χ1) is 5.54. The number of aliphatic hydroxyl groups is 1. The van der Waals surface area contributed by atoms with Crippen LogP contribution >= 0.6 is 0 Å². The molecular weight excluding hydrogens is 158 g/mol. The highest BCUT2D eigenvalue weighted by atomic mass is 16.4. The van der Waals surface area contributed by atoms with Crippen LogP contribution < -0.4 is 5.73 Å². The summed E-state index contributed by atoms with van der Waals surface area (Å²) in [4.78, 5) is 9.00. The highest BCUT2D eigenvalue weighted by molar-refractivity contribution is 5.62. The van der Waals surface area contributed by atoms with Gasteiger partial charge in [0.2, 0.25) is 0 Å². The molecule has 0 amide bonds. The number of aliphatic hydroxyl groups excluding tert-OH is 1. The monoisotopic (exact) mass is 177 g/mol. The van der Waals surface area contributed by atoms with Crippen molar-refractivity contribution in [2.45, 2.75) is 39.2 Å². The third kappa shape index (κ3) is 22.8. The second-order valence-electron chi connectivity index (χ2n) is 2.55. The number of carbonyl (C=O) groups is 1. The summed E-state index contributed by atoms with van der Waals surface area (Å²) in [6.45, 7) is 3.59. The summed E-state index contributed by atoms with van der Waals surface area (Å²) in [6.07, 6.45) is 2.80. The molecule has 0 bridgehead atoms. The van der Waals surface area contributed by atoms with Gasteiger partial charge in [0.1, 0.15) is 0 Å². The number of hydrogen-bond acceptors (Lipinski definition) is 3. The average Bonchev–Trinajstić information content (AvgIpc) is 1.99. The molecule has 74 valence electrons. The number of rotatable bonds is 4. The van der Waals surface area contributed by atoms with Crippen LogP contribution in [0.1, 0.15) is 33.1 Å². The van der Waals surface area contributed by atoms with Crippen molar-refractivity contribution < 1.29 is 15.0 Å². The van der Waals surface area contributed by atoms with Gasteiger partial charge in [0.25, 0.3) is 5.97 Å². The van der Waals surface area contributed by atoms with E-state index in [1.165, 1.54) is 0 Å². The lowest BCUT2D eigenvalue weighted by Crippen LogP contribution is -2.18. The van der Waals surface area contributed by atoms with Gasteiger partial charge >= 0.3 is 0 Å². The van der Waals surface area contributed by atoms with Crippen LogP contribution in [0.2, 0.25) is 0 Å². The summed E-state index contributed by atoms with van der Waals surface area (Å²) in [7, 11) is 0. The normalized spacial score (nSPS) is 11.3. The fraction of sp³-hybridized carbons (Fsp3) is 0.875. The molecule has 0 aliphatic rings. The van der Waals surface area contributed by atoms with E-state index in [4.69, 9.17) is 20.7 Å². The molecule has 0 heterocycles. The van der Waals surface area contributed by atoms with Crippen LogP contribution in [0.15, 0.2) is 0 Å². The summed E-state index contributed by atoms with van der Waals surface area (Å²) in [5.74, 6) is -0.833. The number of aliphatic carboxylic acids is 1. The molecule has 0 aliphatic heterocycles. The zero-order valence-electron chi connectivity index (χ0n) is 7.79. The Morgan fingerprint density at radius 3 is 2.25 bits per heavy atom. The summed E-state index contributed by atoms with van der Waals surface area (Å²) >= 11 is 0. The molecule has 0 aliphatic carbocycles. The SMILES string of the molecule is CC(=O)O.CCCCC(O)CN. The van der Waals surface area contributed by atoms with Gasteiger partial charge in [0, 0.05) is 13.5 Å². The van der Waals surface area contributed by atoms with Gasteiger partial charge in [-0.2, -0.15) is 0 Å². The first-order valence-electron chi connectivity index (χ1n) is 4.12. The van der Waals surface area contributed by atoms with Crippen molar-refractivity contribution >= 4 is 5.97 Å². The van der Waals surface area contributed by atoms with Gasteiger partial charge in [0.15, 0.2) is 0 Å². The average molecular weight is 177 g/mol. The number of carboxylic acids is 1. The Hall–Kier alpha value is -0.610. The third-order valence-corrected chi connectivity index (χ3v) is 1.16. The minimum atomic E-state index is -0.833. The zero-order valence-corrected chi connectivity index (χ0v) is 7.79. The minimum absolute atomic E-state index is 0.269. The van der Waals surface area contributed by atoms with Crippen molar-refractivity contribution in [2.75, 3.05) is 6.54 Å². The Morgan fingerprint density at radius 2 is 2.00 bits per heavy atom. The van der Waals surface area contributed by atoms with Crippen molar-refractivity contribution in [1.29, 1.82) is 0 Å². The van der Waals surface area contributed by atoms with E-state index >= 15 is 0 Å². The summed E-state index contributed by atoms with van der Waals surface area (Å²) in [6, 6.07) is 0. The molecule has 1 atom stereocenters. The highest BCUT2D eigenvalue weighted by Gasteiger charge is 1.96. The Bertz CT molecular complexity index is 102. The molecule has 1 unspecified atom stereocenters. The molecule has 0 radical (unpaired) electrons. The molecule has 4 N–H and O–H groups in total. The van der Waals surface area contributed by atoms with Gasteiger partial charge in [0.05, 0.1) is 6.10 Å². The van der Waals surface area contributed by atoms with Crippen molar-refractivity contribution in [3.63, 3.8) is 0 Å². The van der Waals surface area contributed by atoms with Gasteiger partial charge in [-0.15, -0.1) is 0 Å². The number of nitrogens with two attached hydrogens (primary N) is 1. The zero-order chi connectivity index (χ0) is 9.98. The Labute approximate surface area is 73.4 Å². The number of carboxylic acid groups (broad SMARTS) is 1. The standard InChI is InChI=1S/C6H15NO.C2H4O2/c1-2-3-4-6(8)5-7;1-2(3)4/h6,8H,2-5,7H2,1H3;1H3,(H,3,4). The highest BCUT2D eigenvalue weighted by Crippen LogP contribution is 1.97. The van der Waals surface area contributed by atoms with E-state index in [1.54, 1.807) is 0 Å². The van der Waals surface area contributed by atoms with Crippen molar-refractivity contribution in [2.24, 2.45) is 5.73 Å². The van der Waals surface area contributed by atoms with Crippen LogP contribution in [0.5, 0.6) is 0 Å². The molecule has 4 heteroatoms. The summed E-state index contributed by atoms with van der Waals surface area (Å²) in [5.41, 5.74) is 5.16. The second-order valence-corrected chi connectivity index (χ2v) is 2.55. The third-order valence-electron chi connectivity index (χ3n) is 1.16. The van der Waals surface area contributed by atoms with Crippen molar-refractivity contribution in [1.82, 2.24) is 0 Å². The van der Waals surface area contributed by atoms with Crippen LogP contribution in [-0.4, -0.2) is 28.8 Å². The maximum Gasteiger partial charge on any atom is 0.300 e. The quantitative estimate of drug-likeness (QED) is 0.586. The van der Waals surface area contributed by atoms with Gasteiger partial charge in [-0.05, 0) is 6.42 Å². The fourth-order valence-corrected chi connectivity index (χ4v) is 0.558. The number of hydrogen-bond donors (Lipinski definition) is 3. The van der Waals surface area contributed by atoms with Gasteiger partial charge < -0.3 is 15.9 Å². The van der Waals surface area contributed by atoms with Gasteiger partial charge in [-0.25, -0.2) is 0 Å². The lowest BCUT2D eigenvalue weighted by Gasteiger charge is -2.03. The second kappa shape index (κ2) is 10.4. The Morgan fingerprint density at radius 1 is 1.58 bits per heavy atom. The molecule has 0 aromatic carbocycles. The summed E-state index contributed by atoms with van der Waals surface area (Å²) < 4.78 is 0. The molecule has 12 heavy (non-hydrogen) atoms. The Kier molecular flexibility index (Phi) is 12.1. The molecule has 0 rings (SSSR count). The first-order valence-corrected chi connectivity index (χ1v) is 4.12. The van der Waals surface area contributed by atoms with E-state index < -0.39 is 5.97 Å². The van der Waals surface area contributed by atoms with Crippen LogP contribution in [0.25, 0.3) is 0 Å². The smallest absolute Gasteiger partial charge is 0.300 e. The maximum absolute atomic E-state index is 9.00.